The lowest BCUT2D eigenvalue weighted by molar-refractivity contribution is -0.122. The van der Waals surface area contributed by atoms with Gasteiger partial charge in [0.2, 0.25) is 15.9 Å². The van der Waals surface area contributed by atoms with Gasteiger partial charge in [0.1, 0.15) is 11.9 Å². The quantitative estimate of drug-likeness (QED) is 0.579. The summed E-state index contributed by atoms with van der Waals surface area (Å²) in [5.41, 5.74) is 1.06. The smallest absolute Gasteiger partial charge is 0.244 e. The number of fused-ring (bicyclic) bond motifs is 1. The molecule has 0 heterocycles. The molecular weight excluding hydrogens is 427 g/mol. The first-order chi connectivity index (χ1) is 14.2. The van der Waals surface area contributed by atoms with E-state index in [1.54, 1.807) is 6.92 Å². The molecule has 0 radical (unpaired) electrons. The number of anilines is 1. The van der Waals surface area contributed by atoms with Crippen LogP contribution < -0.4 is 9.62 Å². The highest BCUT2D eigenvalue weighted by molar-refractivity contribution is 7.92. The Hall–Kier alpha value is -2.64. The SMILES string of the molecule is CCC(C(=O)NCc1cccc2ccccc12)N(c1ccc(F)c(Cl)c1)S(C)(=O)=O. The van der Waals surface area contributed by atoms with Gasteiger partial charge in [-0.05, 0) is 41.0 Å². The Morgan fingerprint density at radius 1 is 1.13 bits per heavy atom. The molecule has 0 spiro atoms. The lowest BCUT2D eigenvalue weighted by Crippen LogP contribution is -2.49. The number of carbonyl (C=O) groups excluding carboxylic acids is 1. The first kappa shape index (κ1) is 22.1. The molecule has 5 nitrogen and oxygen atoms in total. The number of rotatable bonds is 7. The lowest BCUT2D eigenvalue weighted by Gasteiger charge is -2.30. The van der Waals surface area contributed by atoms with Gasteiger partial charge in [-0.15, -0.1) is 0 Å². The van der Waals surface area contributed by atoms with Crippen LogP contribution >= 0.6 is 11.6 Å². The number of hydrogen-bond acceptors (Lipinski definition) is 3. The van der Waals surface area contributed by atoms with Gasteiger partial charge in [-0.3, -0.25) is 9.10 Å². The third-order valence-electron chi connectivity index (χ3n) is 4.82. The predicted molar refractivity (Wildman–Crippen MR) is 119 cm³/mol. The van der Waals surface area contributed by atoms with E-state index in [0.29, 0.717) is 0 Å². The maximum Gasteiger partial charge on any atom is 0.244 e. The molecule has 158 valence electrons. The van der Waals surface area contributed by atoms with E-state index >= 15 is 0 Å². The fourth-order valence-electron chi connectivity index (χ4n) is 3.43. The van der Waals surface area contributed by atoms with Gasteiger partial charge < -0.3 is 5.32 Å². The minimum absolute atomic E-state index is 0.135. The zero-order chi connectivity index (χ0) is 21.9. The summed E-state index contributed by atoms with van der Waals surface area (Å²) in [6.45, 7) is 1.96. The first-order valence-corrected chi connectivity index (χ1v) is 11.6. The maximum atomic E-state index is 13.6. The minimum Gasteiger partial charge on any atom is -0.350 e. The van der Waals surface area contributed by atoms with E-state index in [4.69, 9.17) is 11.6 Å². The van der Waals surface area contributed by atoms with Crippen LogP contribution in [0.3, 0.4) is 0 Å². The molecule has 3 aromatic rings. The topological polar surface area (TPSA) is 66.5 Å². The third kappa shape index (κ3) is 4.74. The van der Waals surface area contributed by atoms with E-state index in [0.717, 1.165) is 33.0 Å². The Morgan fingerprint density at radius 2 is 1.83 bits per heavy atom. The van der Waals surface area contributed by atoms with Gasteiger partial charge in [-0.1, -0.05) is 61.0 Å². The van der Waals surface area contributed by atoms with Crippen molar-refractivity contribution in [1.82, 2.24) is 5.32 Å². The highest BCUT2D eigenvalue weighted by Crippen LogP contribution is 2.27. The van der Waals surface area contributed by atoms with Gasteiger partial charge in [0, 0.05) is 6.54 Å². The van der Waals surface area contributed by atoms with E-state index in [-0.39, 0.29) is 23.7 Å². The number of carbonyl (C=O) groups is 1. The molecule has 1 atom stereocenters. The van der Waals surface area contributed by atoms with Crippen LogP contribution in [0.5, 0.6) is 0 Å². The van der Waals surface area contributed by atoms with Crippen LogP contribution in [0.25, 0.3) is 10.8 Å². The summed E-state index contributed by atoms with van der Waals surface area (Å²) in [4.78, 5) is 13.0. The van der Waals surface area contributed by atoms with Crippen LogP contribution in [0.2, 0.25) is 5.02 Å². The summed E-state index contributed by atoms with van der Waals surface area (Å²) in [6.07, 6.45) is 1.23. The molecule has 0 aliphatic carbocycles. The van der Waals surface area contributed by atoms with Gasteiger partial charge >= 0.3 is 0 Å². The van der Waals surface area contributed by atoms with Crippen molar-refractivity contribution in [3.8, 4) is 0 Å². The number of amides is 1. The molecule has 0 saturated carbocycles. The second-order valence-corrected chi connectivity index (χ2v) is 9.20. The molecule has 0 bridgehead atoms. The van der Waals surface area contributed by atoms with Crippen molar-refractivity contribution in [2.75, 3.05) is 10.6 Å². The normalized spacial score (nSPS) is 12.5. The molecule has 3 rings (SSSR count). The number of nitrogens with zero attached hydrogens (tertiary/aromatic N) is 1. The number of hydrogen-bond donors (Lipinski definition) is 1. The molecule has 8 heteroatoms. The predicted octanol–water partition coefficient (Wildman–Crippen LogP) is 4.49. The van der Waals surface area contributed by atoms with Crippen molar-refractivity contribution in [3.05, 3.63) is 77.1 Å². The molecule has 0 saturated heterocycles. The minimum atomic E-state index is -3.83. The summed E-state index contributed by atoms with van der Waals surface area (Å²) in [7, 11) is -3.83. The summed E-state index contributed by atoms with van der Waals surface area (Å²) in [6, 6.07) is 16.2. The van der Waals surface area contributed by atoms with Crippen molar-refractivity contribution in [3.63, 3.8) is 0 Å². The van der Waals surface area contributed by atoms with E-state index in [2.05, 4.69) is 5.32 Å². The van der Waals surface area contributed by atoms with Crippen LogP contribution in [0.1, 0.15) is 18.9 Å². The van der Waals surface area contributed by atoms with Gasteiger partial charge in [-0.2, -0.15) is 0 Å². The average Bonchev–Trinajstić information content (AvgIpc) is 2.71. The van der Waals surface area contributed by atoms with Gasteiger partial charge in [-0.25, -0.2) is 12.8 Å². The van der Waals surface area contributed by atoms with Crippen LogP contribution in [-0.2, 0) is 21.4 Å². The fourth-order valence-corrected chi connectivity index (χ4v) is 4.81. The highest BCUT2D eigenvalue weighted by atomic mass is 35.5. The zero-order valence-corrected chi connectivity index (χ0v) is 18.2. The van der Waals surface area contributed by atoms with Gasteiger partial charge in [0.25, 0.3) is 0 Å². The highest BCUT2D eigenvalue weighted by Gasteiger charge is 2.31. The number of halogens is 2. The molecule has 1 amide bonds. The molecule has 3 aromatic carbocycles. The maximum absolute atomic E-state index is 13.6. The van der Waals surface area contributed by atoms with E-state index in [1.807, 2.05) is 42.5 Å². The van der Waals surface area contributed by atoms with E-state index < -0.39 is 27.8 Å². The molecule has 1 unspecified atom stereocenters. The third-order valence-corrected chi connectivity index (χ3v) is 6.29. The van der Waals surface area contributed by atoms with Crippen molar-refractivity contribution in [2.45, 2.75) is 25.9 Å². The summed E-state index contributed by atoms with van der Waals surface area (Å²) < 4.78 is 39.5. The first-order valence-electron chi connectivity index (χ1n) is 9.41. The van der Waals surface area contributed by atoms with E-state index in [9.17, 15) is 17.6 Å². The van der Waals surface area contributed by atoms with Crippen molar-refractivity contribution < 1.29 is 17.6 Å². The average molecular weight is 449 g/mol. The summed E-state index contributed by atoms with van der Waals surface area (Å²) in [5.74, 6) is -1.11. The molecule has 1 N–H and O–H groups in total. The van der Waals surface area contributed by atoms with Crippen LogP contribution in [0, 0.1) is 5.82 Å². The largest absolute Gasteiger partial charge is 0.350 e. The zero-order valence-electron chi connectivity index (χ0n) is 16.6. The van der Waals surface area contributed by atoms with Crippen molar-refractivity contribution in [2.24, 2.45) is 0 Å². The molecule has 0 fully saturated rings. The Labute approximate surface area is 180 Å². The van der Waals surface area contributed by atoms with Crippen LogP contribution in [0.4, 0.5) is 10.1 Å². The Balaban J connectivity index is 1.88. The standard InChI is InChI=1S/C22H22ClFN2O3S/c1-3-21(26(30(2,28)29)17-11-12-20(24)19(23)13-17)22(27)25-14-16-9-6-8-15-7-4-5-10-18(15)16/h4-13,21H,3,14H2,1-2H3,(H,25,27). The monoisotopic (exact) mass is 448 g/mol. The number of sulfonamides is 1. The molecule has 0 aromatic heterocycles. The second-order valence-electron chi connectivity index (χ2n) is 6.94. The Bertz CT molecular complexity index is 1180. The molecule has 0 aliphatic heterocycles. The molecule has 30 heavy (non-hydrogen) atoms. The Kier molecular flexibility index (Phi) is 6.63. The summed E-state index contributed by atoms with van der Waals surface area (Å²) >= 11 is 5.84. The van der Waals surface area contributed by atoms with Gasteiger partial charge in [0.05, 0.1) is 17.0 Å². The van der Waals surface area contributed by atoms with E-state index in [1.165, 1.54) is 12.1 Å². The Morgan fingerprint density at radius 3 is 2.50 bits per heavy atom. The van der Waals surface area contributed by atoms with Gasteiger partial charge in [0.15, 0.2) is 0 Å². The number of nitrogens with one attached hydrogen (secondary N) is 1. The van der Waals surface area contributed by atoms with Crippen molar-refractivity contribution >= 4 is 44.0 Å². The fraction of sp³-hybridized carbons (Fsp3) is 0.227. The molecule has 0 aliphatic rings. The van der Waals surface area contributed by atoms with Crippen LogP contribution in [-0.4, -0.2) is 26.6 Å². The second kappa shape index (κ2) is 9.02. The lowest BCUT2D eigenvalue weighted by atomic mass is 10.0. The summed E-state index contributed by atoms with van der Waals surface area (Å²) in [5, 5.41) is 4.69. The molecular formula is C22H22ClFN2O3S. The van der Waals surface area contributed by atoms with Crippen LogP contribution in [0.15, 0.2) is 60.7 Å². The van der Waals surface area contributed by atoms with Crippen molar-refractivity contribution in [1.29, 1.82) is 0 Å². The number of benzene rings is 3.